The zero-order valence-electron chi connectivity index (χ0n) is 10.9. The Morgan fingerprint density at radius 1 is 1.40 bits per heavy atom. The monoisotopic (exact) mass is 312 g/mol. The Labute approximate surface area is 126 Å². The third kappa shape index (κ3) is 3.95. The molecule has 1 atom stereocenters. The maximum atomic E-state index is 11.8. The van der Waals surface area contributed by atoms with E-state index in [0.717, 1.165) is 5.56 Å². The largest absolute Gasteiger partial charge is 0.350 e. The molecule has 1 amide bonds. The van der Waals surface area contributed by atoms with Crippen molar-refractivity contribution in [2.45, 2.75) is 25.9 Å². The second kappa shape index (κ2) is 6.72. The summed E-state index contributed by atoms with van der Waals surface area (Å²) in [5.41, 5.74) is 0.911. The van der Waals surface area contributed by atoms with E-state index in [-0.39, 0.29) is 11.9 Å². The zero-order chi connectivity index (χ0) is 14.5. The van der Waals surface area contributed by atoms with E-state index in [0.29, 0.717) is 23.0 Å². The van der Waals surface area contributed by atoms with Crippen LogP contribution in [0.1, 0.15) is 24.9 Å². The molecule has 0 aliphatic rings. The molecule has 20 heavy (non-hydrogen) atoms. The second-order valence-corrected chi connectivity index (χ2v) is 5.19. The normalized spacial score (nSPS) is 12.2. The van der Waals surface area contributed by atoms with Gasteiger partial charge in [0.25, 0.3) is 0 Å². The Balaban J connectivity index is 1.88. The Morgan fingerprint density at radius 3 is 2.85 bits per heavy atom. The van der Waals surface area contributed by atoms with E-state index < -0.39 is 0 Å². The molecular weight excluding hydrogens is 299 g/mol. The lowest BCUT2D eigenvalue weighted by atomic mass is 10.1. The summed E-state index contributed by atoms with van der Waals surface area (Å²) in [5.74, 6) is -0.0564. The van der Waals surface area contributed by atoms with Gasteiger partial charge in [0.1, 0.15) is 12.7 Å². The molecule has 1 heterocycles. The average molecular weight is 313 g/mol. The topological polar surface area (TPSA) is 59.8 Å². The van der Waals surface area contributed by atoms with E-state index in [9.17, 15) is 4.79 Å². The van der Waals surface area contributed by atoms with Crippen molar-refractivity contribution in [2.24, 2.45) is 0 Å². The van der Waals surface area contributed by atoms with Gasteiger partial charge >= 0.3 is 0 Å². The number of amides is 1. The van der Waals surface area contributed by atoms with Crippen molar-refractivity contribution in [1.29, 1.82) is 0 Å². The lowest BCUT2D eigenvalue weighted by Gasteiger charge is -2.15. The number of carbonyl (C=O) groups excluding carboxylic acids is 1. The van der Waals surface area contributed by atoms with E-state index in [1.165, 1.54) is 6.33 Å². The summed E-state index contributed by atoms with van der Waals surface area (Å²) in [6.07, 6.45) is 3.36. The quantitative estimate of drug-likeness (QED) is 0.923. The van der Waals surface area contributed by atoms with Crippen LogP contribution in [0, 0.1) is 0 Å². The van der Waals surface area contributed by atoms with Gasteiger partial charge in [0.15, 0.2) is 0 Å². The highest BCUT2D eigenvalue weighted by molar-refractivity contribution is 6.42. The summed E-state index contributed by atoms with van der Waals surface area (Å²) in [5, 5.41) is 7.82. The van der Waals surface area contributed by atoms with E-state index >= 15 is 0 Å². The minimum Gasteiger partial charge on any atom is -0.350 e. The van der Waals surface area contributed by atoms with Crippen LogP contribution in [0.25, 0.3) is 0 Å². The van der Waals surface area contributed by atoms with Gasteiger partial charge in [0.2, 0.25) is 5.91 Å². The van der Waals surface area contributed by atoms with Gasteiger partial charge in [-0.05, 0) is 24.6 Å². The van der Waals surface area contributed by atoms with Crippen molar-refractivity contribution in [2.75, 3.05) is 0 Å². The van der Waals surface area contributed by atoms with Crippen molar-refractivity contribution in [3.8, 4) is 0 Å². The molecule has 1 aromatic heterocycles. The Hall–Kier alpha value is -1.59. The molecule has 0 bridgehead atoms. The molecule has 0 aliphatic carbocycles. The molecular formula is C13H14Cl2N4O. The number of hydrogen-bond acceptors (Lipinski definition) is 3. The predicted octanol–water partition coefficient (Wildman–Crippen LogP) is 2.85. The van der Waals surface area contributed by atoms with Crippen LogP contribution in [0.5, 0.6) is 0 Å². The van der Waals surface area contributed by atoms with Crippen LogP contribution >= 0.6 is 23.2 Å². The third-order valence-electron chi connectivity index (χ3n) is 2.86. The number of carbonyl (C=O) groups is 1. The first-order valence-corrected chi connectivity index (χ1v) is 6.88. The van der Waals surface area contributed by atoms with Gasteiger partial charge in [-0.3, -0.25) is 9.48 Å². The number of benzene rings is 1. The van der Waals surface area contributed by atoms with Crippen molar-refractivity contribution in [3.05, 3.63) is 46.5 Å². The fourth-order valence-electron chi connectivity index (χ4n) is 1.74. The van der Waals surface area contributed by atoms with Crippen molar-refractivity contribution in [3.63, 3.8) is 0 Å². The summed E-state index contributed by atoms with van der Waals surface area (Å²) in [4.78, 5) is 15.7. The molecule has 7 heteroatoms. The Bertz CT molecular complexity index is 586. The first kappa shape index (κ1) is 14.8. The molecule has 106 valence electrons. The van der Waals surface area contributed by atoms with Gasteiger partial charge in [-0.25, -0.2) is 4.98 Å². The minimum absolute atomic E-state index is 0.0564. The number of hydrogen-bond donors (Lipinski definition) is 1. The van der Waals surface area contributed by atoms with Gasteiger partial charge in [-0.1, -0.05) is 29.3 Å². The molecule has 2 aromatic rings. The SMILES string of the molecule is C[C@H](NC(=O)CCn1cncn1)c1ccc(Cl)c(Cl)c1. The number of halogens is 2. The highest BCUT2D eigenvalue weighted by atomic mass is 35.5. The highest BCUT2D eigenvalue weighted by Crippen LogP contribution is 2.25. The number of nitrogens with zero attached hydrogens (tertiary/aromatic N) is 3. The van der Waals surface area contributed by atoms with Crippen LogP contribution in [0.3, 0.4) is 0 Å². The standard InChI is InChI=1S/C13H14Cl2N4O/c1-9(10-2-3-11(14)12(15)6-10)18-13(20)4-5-19-8-16-7-17-19/h2-3,6-9H,4-5H2,1H3,(H,18,20)/t9-/m0/s1. The van der Waals surface area contributed by atoms with E-state index in [4.69, 9.17) is 23.2 Å². The van der Waals surface area contributed by atoms with Gasteiger partial charge < -0.3 is 5.32 Å². The first-order chi connectivity index (χ1) is 9.56. The Kier molecular flexibility index (Phi) is 4.98. The number of nitrogens with one attached hydrogen (secondary N) is 1. The summed E-state index contributed by atoms with van der Waals surface area (Å²) < 4.78 is 1.61. The number of aromatic nitrogens is 3. The van der Waals surface area contributed by atoms with E-state index in [1.54, 1.807) is 23.1 Å². The summed E-state index contributed by atoms with van der Waals surface area (Å²) in [6, 6.07) is 5.19. The maximum absolute atomic E-state index is 11.8. The zero-order valence-corrected chi connectivity index (χ0v) is 12.4. The minimum atomic E-state index is -0.131. The molecule has 2 rings (SSSR count). The number of aryl methyl sites for hydroxylation is 1. The molecule has 0 saturated heterocycles. The Morgan fingerprint density at radius 2 is 2.20 bits per heavy atom. The van der Waals surface area contributed by atoms with Gasteiger partial charge in [-0.15, -0.1) is 0 Å². The smallest absolute Gasteiger partial charge is 0.222 e. The maximum Gasteiger partial charge on any atom is 0.222 e. The van der Waals surface area contributed by atoms with Crippen LogP contribution < -0.4 is 5.32 Å². The second-order valence-electron chi connectivity index (χ2n) is 4.37. The molecule has 0 radical (unpaired) electrons. The molecule has 5 nitrogen and oxygen atoms in total. The third-order valence-corrected chi connectivity index (χ3v) is 3.59. The van der Waals surface area contributed by atoms with Gasteiger partial charge in [0.05, 0.1) is 22.6 Å². The fourth-order valence-corrected chi connectivity index (χ4v) is 2.05. The molecule has 0 aliphatic heterocycles. The van der Waals surface area contributed by atoms with Gasteiger partial charge in [0, 0.05) is 6.42 Å². The van der Waals surface area contributed by atoms with Crippen LogP contribution in [0.15, 0.2) is 30.9 Å². The van der Waals surface area contributed by atoms with Crippen molar-refractivity contribution >= 4 is 29.1 Å². The molecule has 1 N–H and O–H groups in total. The lowest BCUT2D eigenvalue weighted by Crippen LogP contribution is -2.27. The van der Waals surface area contributed by atoms with Crippen molar-refractivity contribution in [1.82, 2.24) is 20.1 Å². The van der Waals surface area contributed by atoms with Crippen LogP contribution in [-0.4, -0.2) is 20.7 Å². The van der Waals surface area contributed by atoms with Crippen LogP contribution in [-0.2, 0) is 11.3 Å². The van der Waals surface area contributed by atoms with E-state index in [2.05, 4.69) is 15.4 Å². The molecule has 0 fully saturated rings. The molecule has 1 aromatic carbocycles. The van der Waals surface area contributed by atoms with Crippen LogP contribution in [0.4, 0.5) is 0 Å². The van der Waals surface area contributed by atoms with Crippen molar-refractivity contribution < 1.29 is 4.79 Å². The molecule has 0 spiro atoms. The van der Waals surface area contributed by atoms with Crippen LogP contribution in [0.2, 0.25) is 10.0 Å². The highest BCUT2D eigenvalue weighted by Gasteiger charge is 2.11. The fraction of sp³-hybridized carbons (Fsp3) is 0.308. The summed E-state index contributed by atoms with van der Waals surface area (Å²) in [7, 11) is 0. The molecule has 0 saturated carbocycles. The first-order valence-electron chi connectivity index (χ1n) is 6.13. The number of rotatable bonds is 5. The summed E-state index contributed by atoms with van der Waals surface area (Å²) >= 11 is 11.8. The molecule has 0 unspecified atom stereocenters. The summed E-state index contributed by atoms with van der Waals surface area (Å²) in [6.45, 7) is 2.40. The van der Waals surface area contributed by atoms with E-state index in [1.807, 2.05) is 13.0 Å². The van der Waals surface area contributed by atoms with Gasteiger partial charge in [-0.2, -0.15) is 5.10 Å². The average Bonchev–Trinajstić information content (AvgIpc) is 2.92. The lowest BCUT2D eigenvalue weighted by molar-refractivity contribution is -0.122. The predicted molar refractivity (Wildman–Crippen MR) is 77.7 cm³/mol.